The molecule has 1 heteroatoms. The van der Waals surface area contributed by atoms with Crippen molar-refractivity contribution in [1.82, 2.24) is 4.98 Å². The van der Waals surface area contributed by atoms with Gasteiger partial charge in [-0.1, -0.05) is 44.8 Å². The molecular formula is C14H21N. The summed E-state index contributed by atoms with van der Waals surface area (Å²) in [5.74, 6) is 0. The summed E-state index contributed by atoms with van der Waals surface area (Å²) in [7, 11) is 0. The summed E-state index contributed by atoms with van der Waals surface area (Å²) < 4.78 is 0. The lowest BCUT2D eigenvalue weighted by molar-refractivity contribution is 0.638. The zero-order valence-corrected chi connectivity index (χ0v) is 9.65. The van der Waals surface area contributed by atoms with Gasteiger partial charge in [0, 0.05) is 12.4 Å². The van der Waals surface area contributed by atoms with Gasteiger partial charge in [-0.05, 0) is 30.5 Å². The summed E-state index contributed by atoms with van der Waals surface area (Å²) in [6.07, 6.45) is 16.1. The lowest BCUT2D eigenvalue weighted by Crippen LogP contribution is -1.76. The fraction of sp³-hybridized carbons (Fsp3) is 0.500. The van der Waals surface area contributed by atoms with Crippen LogP contribution in [0.5, 0.6) is 0 Å². The van der Waals surface area contributed by atoms with Crippen molar-refractivity contribution in [3.05, 3.63) is 36.2 Å². The number of unbranched alkanes of at least 4 members (excludes halogenated alkanes) is 5. The maximum absolute atomic E-state index is 3.99. The first-order valence-corrected chi connectivity index (χ1v) is 6.00. The topological polar surface area (TPSA) is 12.9 Å². The number of aromatic nitrogens is 1. The molecule has 1 heterocycles. The number of allylic oxidation sites excluding steroid dienone is 1. The highest BCUT2D eigenvalue weighted by molar-refractivity contribution is 5.47. The summed E-state index contributed by atoms with van der Waals surface area (Å²) in [4.78, 5) is 3.99. The average molecular weight is 203 g/mol. The average Bonchev–Trinajstić information content (AvgIpc) is 2.29. The Morgan fingerprint density at radius 3 is 2.53 bits per heavy atom. The molecule has 15 heavy (non-hydrogen) atoms. The molecule has 0 saturated carbocycles. The van der Waals surface area contributed by atoms with Crippen LogP contribution in [0.15, 0.2) is 30.6 Å². The Hall–Kier alpha value is -1.11. The van der Waals surface area contributed by atoms with E-state index >= 15 is 0 Å². The zero-order chi connectivity index (χ0) is 10.8. The maximum atomic E-state index is 3.99. The van der Waals surface area contributed by atoms with Gasteiger partial charge >= 0.3 is 0 Å². The molecule has 1 nitrogen and oxygen atoms in total. The number of nitrogens with zero attached hydrogens (tertiary/aromatic N) is 1. The molecular weight excluding hydrogens is 182 g/mol. The van der Waals surface area contributed by atoms with Crippen LogP contribution in [0.3, 0.4) is 0 Å². The molecule has 0 unspecified atom stereocenters. The number of hydrogen-bond donors (Lipinski definition) is 0. The molecule has 82 valence electrons. The lowest BCUT2D eigenvalue weighted by Gasteiger charge is -1.96. The third-order valence-electron chi connectivity index (χ3n) is 2.49. The van der Waals surface area contributed by atoms with E-state index in [0.29, 0.717) is 0 Å². The van der Waals surface area contributed by atoms with Crippen molar-refractivity contribution in [1.29, 1.82) is 0 Å². The molecule has 1 aromatic heterocycles. The summed E-state index contributed by atoms with van der Waals surface area (Å²) in [6.45, 7) is 2.25. The highest BCUT2D eigenvalue weighted by Crippen LogP contribution is 2.07. The fourth-order valence-electron chi connectivity index (χ4n) is 1.56. The van der Waals surface area contributed by atoms with E-state index < -0.39 is 0 Å². The van der Waals surface area contributed by atoms with Gasteiger partial charge in [0.25, 0.3) is 0 Å². The maximum Gasteiger partial charge on any atom is 0.0273 e. The molecule has 0 amide bonds. The van der Waals surface area contributed by atoms with E-state index in [-0.39, 0.29) is 0 Å². The van der Waals surface area contributed by atoms with Crippen molar-refractivity contribution >= 4 is 6.08 Å². The summed E-state index contributed by atoms with van der Waals surface area (Å²) >= 11 is 0. The zero-order valence-electron chi connectivity index (χ0n) is 9.65. The number of pyridine rings is 1. The third kappa shape index (κ3) is 6.05. The van der Waals surface area contributed by atoms with E-state index in [4.69, 9.17) is 0 Å². The van der Waals surface area contributed by atoms with Crippen molar-refractivity contribution < 1.29 is 0 Å². The van der Waals surface area contributed by atoms with Crippen molar-refractivity contribution in [3.63, 3.8) is 0 Å². The summed E-state index contributed by atoms with van der Waals surface area (Å²) in [5, 5.41) is 0. The quantitative estimate of drug-likeness (QED) is 0.596. The Balaban J connectivity index is 2.07. The van der Waals surface area contributed by atoms with Crippen LogP contribution in [0, 0.1) is 0 Å². The fourth-order valence-corrected chi connectivity index (χ4v) is 1.56. The van der Waals surface area contributed by atoms with Gasteiger partial charge in [0.2, 0.25) is 0 Å². The molecule has 1 rings (SSSR count). The molecule has 0 aromatic carbocycles. The van der Waals surface area contributed by atoms with Gasteiger partial charge in [0.1, 0.15) is 0 Å². The second-order valence-electron chi connectivity index (χ2n) is 3.89. The van der Waals surface area contributed by atoms with E-state index in [1.807, 2.05) is 24.5 Å². The van der Waals surface area contributed by atoms with Crippen molar-refractivity contribution in [2.45, 2.75) is 45.4 Å². The van der Waals surface area contributed by atoms with Crippen LogP contribution in [0.2, 0.25) is 0 Å². The Morgan fingerprint density at radius 2 is 1.80 bits per heavy atom. The van der Waals surface area contributed by atoms with Gasteiger partial charge in [-0.15, -0.1) is 0 Å². The van der Waals surface area contributed by atoms with Gasteiger partial charge in [-0.2, -0.15) is 0 Å². The van der Waals surface area contributed by atoms with Crippen LogP contribution >= 0.6 is 0 Å². The first kappa shape index (κ1) is 12.0. The van der Waals surface area contributed by atoms with Crippen molar-refractivity contribution in [3.8, 4) is 0 Å². The Labute approximate surface area is 93.2 Å². The Kier molecular flexibility index (Phi) is 6.55. The van der Waals surface area contributed by atoms with Gasteiger partial charge < -0.3 is 0 Å². The highest BCUT2D eigenvalue weighted by atomic mass is 14.6. The monoisotopic (exact) mass is 203 g/mol. The largest absolute Gasteiger partial charge is 0.265 e. The first-order valence-electron chi connectivity index (χ1n) is 6.00. The third-order valence-corrected chi connectivity index (χ3v) is 2.49. The normalized spacial score (nSPS) is 11.0. The van der Waals surface area contributed by atoms with Crippen LogP contribution in [0.1, 0.15) is 51.0 Å². The predicted molar refractivity (Wildman–Crippen MR) is 66.6 cm³/mol. The minimum atomic E-state index is 1.20. The van der Waals surface area contributed by atoms with E-state index in [1.165, 1.54) is 44.1 Å². The van der Waals surface area contributed by atoms with Crippen LogP contribution in [0.4, 0.5) is 0 Å². The van der Waals surface area contributed by atoms with Crippen LogP contribution < -0.4 is 0 Å². The molecule has 0 N–H and O–H groups in total. The van der Waals surface area contributed by atoms with Gasteiger partial charge in [-0.3, -0.25) is 4.98 Å². The van der Waals surface area contributed by atoms with Crippen molar-refractivity contribution in [2.75, 3.05) is 0 Å². The molecule has 0 aliphatic carbocycles. The second kappa shape index (κ2) is 8.22. The Morgan fingerprint density at radius 1 is 1.07 bits per heavy atom. The summed E-state index contributed by atoms with van der Waals surface area (Å²) in [6, 6.07) is 4.07. The van der Waals surface area contributed by atoms with Gasteiger partial charge in [0.05, 0.1) is 0 Å². The highest BCUT2D eigenvalue weighted by Gasteiger charge is 1.87. The van der Waals surface area contributed by atoms with Gasteiger partial charge in [0.15, 0.2) is 0 Å². The van der Waals surface area contributed by atoms with Crippen LogP contribution in [-0.4, -0.2) is 4.98 Å². The molecule has 0 atom stereocenters. The molecule has 0 saturated heterocycles. The molecule has 0 spiro atoms. The number of rotatable bonds is 7. The van der Waals surface area contributed by atoms with Crippen molar-refractivity contribution in [2.24, 2.45) is 0 Å². The lowest BCUT2D eigenvalue weighted by atomic mass is 10.1. The molecule has 0 aliphatic rings. The molecule has 1 aromatic rings. The summed E-state index contributed by atoms with van der Waals surface area (Å²) in [5.41, 5.74) is 1.25. The van der Waals surface area contributed by atoms with Gasteiger partial charge in [-0.25, -0.2) is 0 Å². The van der Waals surface area contributed by atoms with Crippen LogP contribution in [-0.2, 0) is 0 Å². The number of hydrogen-bond acceptors (Lipinski definition) is 1. The molecule has 0 aliphatic heterocycles. The predicted octanol–water partition coefficient (Wildman–Crippen LogP) is 4.46. The minimum absolute atomic E-state index is 1.20. The van der Waals surface area contributed by atoms with E-state index in [2.05, 4.69) is 24.1 Å². The van der Waals surface area contributed by atoms with E-state index in [9.17, 15) is 0 Å². The smallest absolute Gasteiger partial charge is 0.0273 e. The first-order chi connectivity index (χ1) is 7.43. The molecule has 0 radical (unpaired) electrons. The van der Waals surface area contributed by atoms with Crippen LogP contribution in [0.25, 0.3) is 6.08 Å². The second-order valence-corrected chi connectivity index (χ2v) is 3.89. The van der Waals surface area contributed by atoms with E-state index in [1.54, 1.807) is 0 Å². The van der Waals surface area contributed by atoms with E-state index in [0.717, 1.165) is 0 Å². The molecule has 0 fully saturated rings. The SMILES string of the molecule is CCCCCCCC=Cc1ccncc1. The minimum Gasteiger partial charge on any atom is -0.265 e. The Bertz CT molecular complexity index is 264. The molecule has 0 bridgehead atoms. The standard InChI is InChI=1S/C14H21N/c1-2-3-4-5-6-7-8-9-14-10-12-15-13-11-14/h8-13H,2-7H2,1H3.